The highest BCUT2D eigenvalue weighted by molar-refractivity contribution is 5.95. The zero-order valence-electron chi connectivity index (χ0n) is 18.2. The Morgan fingerprint density at radius 2 is 1.52 bits per heavy atom. The van der Waals surface area contributed by atoms with Crippen LogP contribution in [-0.2, 0) is 24.0 Å². The van der Waals surface area contributed by atoms with Crippen molar-refractivity contribution in [2.75, 3.05) is 6.54 Å². The van der Waals surface area contributed by atoms with Crippen molar-refractivity contribution in [1.82, 2.24) is 16.0 Å². The fourth-order valence-corrected chi connectivity index (χ4v) is 2.64. The Morgan fingerprint density at radius 1 is 0.903 bits per heavy atom. The monoisotopic (exact) mass is 445 g/mol. The van der Waals surface area contributed by atoms with Crippen molar-refractivity contribution < 1.29 is 34.2 Å². The molecule has 0 aliphatic carbocycles. The number of carbonyl (C=O) groups excluding carboxylic acids is 3. The highest BCUT2D eigenvalue weighted by Crippen LogP contribution is 2.09. The highest BCUT2D eigenvalue weighted by Gasteiger charge is 2.32. The molecule has 0 rings (SSSR count). The summed E-state index contributed by atoms with van der Waals surface area (Å²) in [4.78, 5) is 59.5. The Hall–Kier alpha value is -2.73. The van der Waals surface area contributed by atoms with E-state index in [0.717, 1.165) is 0 Å². The van der Waals surface area contributed by atoms with Crippen LogP contribution in [0.2, 0.25) is 0 Å². The van der Waals surface area contributed by atoms with Gasteiger partial charge in [0.2, 0.25) is 17.7 Å². The number of carboxylic acids is 2. The predicted molar refractivity (Wildman–Crippen MR) is 112 cm³/mol. The lowest BCUT2D eigenvalue weighted by Crippen LogP contribution is -2.57. The second kappa shape index (κ2) is 14.3. The van der Waals surface area contributed by atoms with Crippen LogP contribution in [0.5, 0.6) is 0 Å². The maximum atomic E-state index is 12.5. The number of nitrogens with two attached hydrogens (primary N) is 2. The van der Waals surface area contributed by atoms with Gasteiger partial charge in [-0.25, -0.2) is 4.79 Å². The number of rotatable bonds is 15. The molecule has 12 nitrogen and oxygen atoms in total. The Morgan fingerprint density at radius 3 is 2.00 bits per heavy atom. The van der Waals surface area contributed by atoms with E-state index in [2.05, 4.69) is 16.0 Å². The fraction of sp³-hybridized carbons (Fsp3) is 0.737. The molecule has 0 spiro atoms. The molecule has 12 heteroatoms. The van der Waals surface area contributed by atoms with Crippen LogP contribution in [0.3, 0.4) is 0 Å². The molecule has 0 aromatic heterocycles. The SMILES string of the molecule is CCC(C)C(NC(=O)C(CC(=O)O)NC(=O)C(C)NC(=O)C(N)CCCCN)C(=O)O. The van der Waals surface area contributed by atoms with Crippen molar-refractivity contribution in [2.45, 2.75) is 77.0 Å². The number of amides is 3. The van der Waals surface area contributed by atoms with E-state index in [-0.39, 0.29) is 0 Å². The summed E-state index contributed by atoms with van der Waals surface area (Å²) >= 11 is 0. The molecule has 0 aliphatic heterocycles. The average molecular weight is 446 g/mol. The molecule has 3 amide bonds. The van der Waals surface area contributed by atoms with Crippen LogP contribution < -0.4 is 27.4 Å². The normalized spacial score (nSPS) is 15.6. The van der Waals surface area contributed by atoms with Gasteiger partial charge in [0.25, 0.3) is 0 Å². The van der Waals surface area contributed by atoms with Gasteiger partial charge in [0.05, 0.1) is 12.5 Å². The lowest BCUT2D eigenvalue weighted by atomic mass is 9.98. The van der Waals surface area contributed by atoms with Crippen molar-refractivity contribution in [2.24, 2.45) is 17.4 Å². The maximum absolute atomic E-state index is 12.5. The van der Waals surface area contributed by atoms with Gasteiger partial charge in [0.15, 0.2) is 0 Å². The van der Waals surface area contributed by atoms with Gasteiger partial charge in [-0.1, -0.05) is 26.7 Å². The number of aliphatic carboxylic acids is 2. The second-order valence-electron chi connectivity index (χ2n) is 7.49. The van der Waals surface area contributed by atoms with E-state index < -0.39 is 66.2 Å². The quantitative estimate of drug-likeness (QED) is 0.146. The van der Waals surface area contributed by atoms with Crippen molar-refractivity contribution in [3.8, 4) is 0 Å². The average Bonchev–Trinajstić information content (AvgIpc) is 2.69. The van der Waals surface area contributed by atoms with E-state index in [9.17, 15) is 29.1 Å². The summed E-state index contributed by atoms with van der Waals surface area (Å²) in [5, 5.41) is 25.3. The number of carboxylic acid groups (broad SMARTS) is 2. The van der Waals surface area contributed by atoms with Crippen LogP contribution in [-0.4, -0.2) is 70.6 Å². The summed E-state index contributed by atoms with van der Waals surface area (Å²) in [6.07, 6.45) is 1.43. The van der Waals surface area contributed by atoms with Crippen LogP contribution in [0.15, 0.2) is 0 Å². The molecule has 0 aromatic carbocycles. The zero-order valence-corrected chi connectivity index (χ0v) is 18.2. The van der Waals surface area contributed by atoms with E-state index in [0.29, 0.717) is 32.2 Å². The summed E-state index contributed by atoms with van der Waals surface area (Å²) < 4.78 is 0. The lowest BCUT2D eigenvalue weighted by molar-refractivity contribution is -0.144. The van der Waals surface area contributed by atoms with Gasteiger partial charge in [-0.3, -0.25) is 19.2 Å². The molecule has 5 atom stereocenters. The first-order chi connectivity index (χ1) is 14.4. The van der Waals surface area contributed by atoms with Gasteiger partial charge >= 0.3 is 11.9 Å². The standard InChI is InChI=1S/C19H35N5O7/c1-4-10(2)15(19(30)31)24-18(29)13(9-14(25)26)23-16(27)11(3)22-17(28)12(21)7-5-6-8-20/h10-13,15H,4-9,20-21H2,1-3H3,(H,22,28)(H,23,27)(H,24,29)(H,25,26)(H,30,31). The van der Waals surface area contributed by atoms with Gasteiger partial charge in [0, 0.05) is 0 Å². The smallest absolute Gasteiger partial charge is 0.326 e. The minimum absolute atomic E-state index is 0.383. The zero-order chi connectivity index (χ0) is 24.1. The molecule has 0 saturated heterocycles. The van der Waals surface area contributed by atoms with E-state index in [4.69, 9.17) is 16.6 Å². The molecule has 0 aromatic rings. The fourth-order valence-electron chi connectivity index (χ4n) is 2.64. The van der Waals surface area contributed by atoms with Crippen LogP contribution in [0.1, 0.15) is 52.9 Å². The van der Waals surface area contributed by atoms with Crippen LogP contribution in [0.25, 0.3) is 0 Å². The Balaban J connectivity index is 5.07. The van der Waals surface area contributed by atoms with Crippen LogP contribution in [0.4, 0.5) is 0 Å². The number of unbranched alkanes of at least 4 members (excludes halogenated alkanes) is 1. The van der Waals surface area contributed by atoms with Gasteiger partial charge in [0.1, 0.15) is 18.1 Å². The summed E-state index contributed by atoms with van der Waals surface area (Å²) in [6, 6.07) is -4.70. The summed E-state index contributed by atoms with van der Waals surface area (Å²) in [6.45, 7) is 5.20. The molecule has 0 aliphatic rings. The summed E-state index contributed by atoms with van der Waals surface area (Å²) in [5.41, 5.74) is 11.2. The summed E-state index contributed by atoms with van der Waals surface area (Å²) in [7, 11) is 0. The number of nitrogens with one attached hydrogen (secondary N) is 3. The van der Waals surface area contributed by atoms with Crippen molar-refractivity contribution in [3.63, 3.8) is 0 Å². The van der Waals surface area contributed by atoms with E-state index in [1.807, 2.05) is 0 Å². The lowest BCUT2D eigenvalue weighted by Gasteiger charge is -2.25. The van der Waals surface area contributed by atoms with E-state index >= 15 is 0 Å². The topological polar surface area (TPSA) is 214 Å². The molecule has 0 heterocycles. The molecule has 9 N–H and O–H groups in total. The third-order valence-corrected chi connectivity index (χ3v) is 4.85. The Kier molecular flexibility index (Phi) is 13.0. The van der Waals surface area contributed by atoms with Crippen LogP contribution >= 0.6 is 0 Å². The predicted octanol–water partition coefficient (Wildman–Crippen LogP) is -1.48. The third kappa shape index (κ3) is 10.7. The molecule has 5 unspecified atom stereocenters. The number of hydrogen-bond acceptors (Lipinski definition) is 7. The molecule has 0 fully saturated rings. The van der Waals surface area contributed by atoms with E-state index in [1.54, 1.807) is 13.8 Å². The molecule has 178 valence electrons. The second-order valence-corrected chi connectivity index (χ2v) is 7.49. The molecule has 31 heavy (non-hydrogen) atoms. The van der Waals surface area contributed by atoms with Crippen LogP contribution in [0, 0.1) is 5.92 Å². The molecular formula is C19H35N5O7. The maximum Gasteiger partial charge on any atom is 0.326 e. The first-order valence-corrected chi connectivity index (χ1v) is 10.3. The molecule has 0 bridgehead atoms. The minimum atomic E-state index is -1.52. The minimum Gasteiger partial charge on any atom is -0.481 e. The van der Waals surface area contributed by atoms with Gasteiger partial charge in [-0.2, -0.15) is 0 Å². The van der Waals surface area contributed by atoms with Crippen molar-refractivity contribution >= 4 is 29.7 Å². The third-order valence-electron chi connectivity index (χ3n) is 4.85. The Bertz CT molecular complexity index is 643. The van der Waals surface area contributed by atoms with Gasteiger partial charge in [-0.05, 0) is 32.2 Å². The first-order valence-electron chi connectivity index (χ1n) is 10.3. The van der Waals surface area contributed by atoms with Crippen molar-refractivity contribution in [1.29, 1.82) is 0 Å². The molecule has 0 radical (unpaired) electrons. The number of carbonyl (C=O) groups is 5. The molecular weight excluding hydrogens is 410 g/mol. The molecule has 0 saturated carbocycles. The van der Waals surface area contributed by atoms with Gasteiger partial charge < -0.3 is 37.6 Å². The van der Waals surface area contributed by atoms with E-state index in [1.165, 1.54) is 6.92 Å². The number of hydrogen-bond donors (Lipinski definition) is 7. The highest BCUT2D eigenvalue weighted by atomic mass is 16.4. The van der Waals surface area contributed by atoms with Gasteiger partial charge in [-0.15, -0.1) is 0 Å². The Labute approximate surface area is 181 Å². The van der Waals surface area contributed by atoms with Crippen molar-refractivity contribution in [3.05, 3.63) is 0 Å². The first kappa shape index (κ1) is 28.3. The largest absolute Gasteiger partial charge is 0.481 e. The summed E-state index contributed by atoms with van der Waals surface area (Å²) in [5.74, 6) is -5.37.